The minimum atomic E-state index is -3.86. The summed E-state index contributed by atoms with van der Waals surface area (Å²) in [5.41, 5.74) is 5.82. The van der Waals surface area contributed by atoms with Crippen molar-refractivity contribution in [1.82, 2.24) is 4.72 Å². The van der Waals surface area contributed by atoms with E-state index in [1.807, 2.05) is 85.8 Å². The molecule has 1 aliphatic carbocycles. The number of aryl methyl sites for hydroxylation is 1. The maximum absolute atomic E-state index is 13.6. The number of nitrogens with one attached hydrogen (secondary N) is 1. The van der Waals surface area contributed by atoms with Crippen molar-refractivity contribution < 1.29 is 13.2 Å². The summed E-state index contributed by atoms with van der Waals surface area (Å²) in [4.78, 5) is 0.205. The lowest BCUT2D eigenvalue weighted by Gasteiger charge is -2.19. The molecule has 5 rings (SSSR count). The van der Waals surface area contributed by atoms with Crippen LogP contribution >= 0.6 is 0 Å². The van der Waals surface area contributed by atoms with Crippen molar-refractivity contribution in [1.29, 1.82) is 0 Å². The summed E-state index contributed by atoms with van der Waals surface area (Å²) >= 11 is 0. The molecule has 0 fully saturated rings. The van der Waals surface area contributed by atoms with E-state index >= 15 is 0 Å². The summed E-state index contributed by atoms with van der Waals surface area (Å²) in [5, 5.41) is 0. The fourth-order valence-corrected chi connectivity index (χ4v) is 5.51. The first-order chi connectivity index (χ1) is 17.5. The fraction of sp³-hybridized carbons (Fsp3) is 0.0968. The van der Waals surface area contributed by atoms with Gasteiger partial charge in [0.15, 0.2) is 0 Å². The van der Waals surface area contributed by atoms with Crippen LogP contribution in [-0.2, 0) is 10.0 Å². The lowest BCUT2D eigenvalue weighted by Crippen LogP contribution is -2.26. The summed E-state index contributed by atoms with van der Waals surface area (Å²) in [6, 6.07) is 32.1. The number of methoxy groups -OCH3 is 1. The van der Waals surface area contributed by atoms with Crippen LogP contribution in [0.3, 0.4) is 0 Å². The van der Waals surface area contributed by atoms with E-state index < -0.39 is 10.0 Å². The van der Waals surface area contributed by atoms with Crippen molar-refractivity contribution in [2.45, 2.75) is 17.7 Å². The second kappa shape index (κ2) is 9.77. The van der Waals surface area contributed by atoms with Gasteiger partial charge in [0.2, 0.25) is 0 Å². The number of hydrogen-bond donors (Lipinski definition) is 1. The average molecular weight is 492 g/mol. The van der Waals surface area contributed by atoms with Crippen molar-refractivity contribution in [2.24, 2.45) is 0 Å². The first-order valence-corrected chi connectivity index (χ1v) is 13.1. The van der Waals surface area contributed by atoms with E-state index in [1.54, 1.807) is 31.4 Å². The summed E-state index contributed by atoms with van der Waals surface area (Å²) in [6.45, 7) is 1.93. The molecule has 0 heterocycles. The first-order valence-electron chi connectivity index (χ1n) is 11.6. The second-order valence-electron chi connectivity index (χ2n) is 8.62. The predicted octanol–water partition coefficient (Wildman–Crippen LogP) is 5.89. The van der Waals surface area contributed by atoms with E-state index in [2.05, 4.69) is 16.6 Å². The van der Waals surface area contributed by atoms with Gasteiger partial charge in [-0.05, 0) is 66.1 Å². The van der Waals surface area contributed by atoms with Crippen molar-refractivity contribution >= 4 is 15.6 Å². The molecule has 0 bridgehead atoms. The predicted molar refractivity (Wildman–Crippen MR) is 143 cm³/mol. The Morgan fingerprint density at radius 2 is 1.47 bits per heavy atom. The molecule has 0 aromatic heterocycles. The molecule has 36 heavy (non-hydrogen) atoms. The standard InChI is InChI=1S/C31H25NO3S/c1-22-13-17-26(18-14-22)36(33,34)32-31-28(19-15-23-9-5-3-6-10-23)27-20-16-25(35-2)21-29(27)30(31)24-11-7-4-8-12-24/h3-14,16-18,20-21,30,32H,1-2H3/t30-/m1/s1. The maximum Gasteiger partial charge on any atom is 0.261 e. The van der Waals surface area contributed by atoms with Gasteiger partial charge in [-0.25, -0.2) is 8.42 Å². The van der Waals surface area contributed by atoms with Gasteiger partial charge in [0, 0.05) is 5.56 Å². The van der Waals surface area contributed by atoms with Gasteiger partial charge >= 0.3 is 0 Å². The van der Waals surface area contributed by atoms with Crippen molar-refractivity contribution in [3.63, 3.8) is 0 Å². The topological polar surface area (TPSA) is 55.4 Å². The molecule has 1 N–H and O–H groups in total. The third-order valence-corrected chi connectivity index (χ3v) is 7.59. The van der Waals surface area contributed by atoms with Gasteiger partial charge in [-0.15, -0.1) is 0 Å². The normalized spacial score (nSPS) is 14.6. The smallest absolute Gasteiger partial charge is 0.261 e. The summed E-state index contributed by atoms with van der Waals surface area (Å²) < 4.78 is 35.5. The number of hydrogen-bond acceptors (Lipinski definition) is 3. The van der Waals surface area contributed by atoms with Crippen LogP contribution in [0.4, 0.5) is 0 Å². The molecule has 0 radical (unpaired) electrons. The Labute approximate surface area is 212 Å². The summed E-state index contributed by atoms with van der Waals surface area (Å²) in [6.07, 6.45) is 0. The van der Waals surface area contributed by atoms with Gasteiger partial charge in [0.25, 0.3) is 10.0 Å². The van der Waals surface area contributed by atoms with Gasteiger partial charge in [-0.3, -0.25) is 4.72 Å². The van der Waals surface area contributed by atoms with Crippen LogP contribution in [-0.4, -0.2) is 15.5 Å². The van der Waals surface area contributed by atoms with Gasteiger partial charge < -0.3 is 4.74 Å². The number of fused-ring (bicyclic) bond motifs is 1. The largest absolute Gasteiger partial charge is 0.497 e. The second-order valence-corrected chi connectivity index (χ2v) is 10.3. The lowest BCUT2D eigenvalue weighted by molar-refractivity contribution is 0.414. The van der Waals surface area contributed by atoms with Crippen LogP contribution in [0.5, 0.6) is 5.75 Å². The van der Waals surface area contributed by atoms with E-state index in [9.17, 15) is 8.42 Å². The Kier molecular flexibility index (Phi) is 6.37. The van der Waals surface area contributed by atoms with Crippen molar-refractivity contribution in [3.8, 4) is 17.6 Å². The average Bonchev–Trinajstić information content (AvgIpc) is 3.20. The molecule has 1 aliphatic rings. The molecule has 4 aromatic rings. The number of allylic oxidation sites excluding steroid dienone is 2. The number of ether oxygens (including phenoxy) is 1. The van der Waals surface area contributed by atoms with Crippen LogP contribution in [0, 0.1) is 18.8 Å². The van der Waals surface area contributed by atoms with Gasteiger partial charge in [-0.1, -0.05) is 78.1 Å². The van der Waals surface area contributed by atoms with Gasteiger partial charge in [-0.2, -0.15) is 0 Å². The molecular formula is C31H25NO3S. The first kappa shape index (κ1) is 23.5. The van der Waals surface area contributed by atoms with E-state index in [4.69, 9.17) is 4.74 Å². The Morgan fingerprint density at radius 3 is 2.14 bits per heavy atom. The van der Waals surface area contributed by atoms with Crippen LogP contribution in [0.2, 0.25) is 0 Å². The highest BCUT2D eigenvalue weighted by atomic mass is 32.2. The highest BCUT2D eigenvalue weighted by molar-refractivity contribution is 7.89. The zero-order valence-corrected chi connectivity index (χ0v) is 20.8. The molecule has 0 amide bonds. The zero-order valence-electron chi connectivity index (χ0n) is 20.0. The minimum absolute atomic E-state index is 0.205. The Bertz CT molecular complexity index is 1600. The molecule has 0 saturated carbocycles. The highest BCUT2D eigenvalue weighted by Gasteiger charge is 2.35. The van der Waals surface area contributed by atoms with Gasteiger partial charge in [0.1, 0.15) is 5.75 Å². The molecule has 0 unspecified atom stereocenters. The Morgan fingerprint density at radius 1 is 0.806 bits per heavy atom. The Hall–Kier alpha value is -4.27. The SMILES string of the molecule is COc1ccc2c(c1)[C@@H](c1ccccc1)C(NS(=O)(=O)c1ccc(C)cc1)=C2C#Cc1ccccc1. The summed E-state index contributed by atoms with van der Waals surface area (Å²) in [7, 11) is -2.23. The zero-order chi connectivity index (χ0) is 25.1. The summed E-state index contributed by atoms with van der Waals surface area (Å²) in [5.74, 6) is 6.85. The molecule has 0 spiro atoms. The van der Waals surface area contributed by atoms with E-state index in [-0.39, 0.29) is 10.8 Å². The van der Waals surface area contributed by atoms with Crippen molar-refractivity contribution in [2.75, 3.05) is 7.11 Å². The molecular weight excluding hydrogens is 466 g/mol. The van der Waals surface area contributed by atoms with E-state index in [0.717, 1.165) is 27.8 Å². The lowest BCUT2D eigenvalue weighted by atomic mass is 9.91. The van der Waals surface area contributed by atoms with Crippen molar-refractivity contribution in [3.05, 3.63) is 137 Å². The van der Waals surface area contributed by atoms with Crippen LogP contribution in [0.15, 0.2) is 114 Å². The van der Waals surface area contributed by atoms with E-state index in [1.165, 1.54) is 0 Å². The number of rotatable bonds is 5. The van der Waals surface area contributed by atoms with Crippen LogP contribution in [0.25, 0.3) is 5.57 Å². The molecule has 5 heteroatoms. The molecule has 0 saturated heterocycles. The fourth-order valence-electron chi connectivity index (χ4n) is 4.39. The monoisotopic (exact) mass is 491 g/mol. The third kappa shape index (κ3) is 4.64. The number of sulfonamides is 1. The highest BCUT2D eigenvalue weighted by Crippen LogP contribution is 2.46. The molecule has 0 aliphatic heterocycles. The molecule has 4 nitrogen and oxygen atoms in total. The molecule has 178 valence electrons. The van der Waals surface area contributed by atoms with Crippen LogP contribution < -0.4 is 9.46 Å². The third-order valence-electron chi connectivity index (χ3n) is 6.21. The molecule has 4 aromatic carbocycles. The Balaban J connectivity index is 1.72. The van der Waals surface area contributed by atoms with Crippen LogP contribution in [0.1, 0.15) is 33.7 Å². The van der Waals surface area contributed by atoms with Gasteiger partial charge in [0.05, 0.1) is 29.2 Å². The maximum atomic E-state index is 13.6. The van der Waals surface area contributed by atoms with E-state index in [0.29, 0.717) is 17.0 Å². The number of benzene rings is 4. The molecule has 1 atom stereocenters. The minimum Gasteiger partial charge on any atom is -0.497 e. The quantitative estimate of drug-likeness (QED) is 0.354.